The van der Waals surface area contributed by atoms with Crippen molar-refractivity contribution in [3.63, 3.8) is 0 Å². The van der Waals surface area contributed by atoms with Crippen LogP contribution in [0.15, 0.2) is 24.3 Å². The molecule has 0 aromatic heterocycles. The van der Waals surface area contributed by atoms with Gasteiger partial charge in [0.15, 0.2) is 0 Å². The van der Waals surface area contributed by atoms with Crippen LogP contribution in [0.4, 0.5) is 0 Å². The summed E-state index contributed by atoms with van der Waals surface area (Å²) in [6.45, 7) is 10.3. The Balaban J connectivity index is 2.90. The first-order valence-electron chi connectivity index (χ1n) is 6.50. The number of rotatable bonds is 4. The Hall–Kier alpha value is -1.02. The van der Waals surface area contributed by atoms with Crippen LogP contribution in [0.3, 0.4) is 0 Å². The Morgan fingerprint density at radius 2 is 1.56 bits per heavy atom. The second-order valence-corrected chi connectivity index (χ2v) is 6.62. The molecule has 1 aromatic carbocycles. The highest BCUT2D eigenvalue weighted by atomic mass is 16.5. The van der Waals surface area contributed by atoms with E-state index < -0.39 is 5.60 Å². The van der Waals surface area contributed by atoms with Crippen LogP contribution in [0.1, 0.15) is 40.2 Å². The van der Waals surface area contributed by atoms with Gasteiger partial charge in [-0.05, 0) is 49.3 Å². The molecule has 0 heterocycles. The summed E-state index contributed by atoms with van der Waals surface area (Å²) in [5, 5.41) is 10.4. The fourth-order valence-electron chi connectivity index (χ4n) is 2.61. The van der Waals surface area contributed by atoms with Crippen LogP contribution >= 0.6 is 0 Å². The van der Waals surface area contributed by atoms with Crippen LogP contribution in [0.5, 0.6) is 5.75 Å². The van der Waals surface area contributed by atoms with Gasteiger partial charge in [0.2, 0.25) is 0 Å². The third-order valence-corrected chi connectivity index (χ3v) is 3.50. The maximum absolute atomic E-state index is 10.4. The van der Waals surface area contributed by atoms with E-state index in [0.29, 0.717) is 0 Å². The number of aliphatic hydroxyl groups is 1. The van der Waals surface area contributed by atoms with Gasteiger partial charge in [-0.15, -0.1) is 0 Å². The lowest BCUT2D eigenvalue weighted by Crippen LogP contribution is -2.41. The summed E-state index contributed by atoms with van der Waals surface area (Å²) in [6.07, 6.45) is 0.872. The van der Waals surface area contributed by atoms with Gasteiger partial charge in [-0.2, -0.15) is 0 Å². The maximum atomic E-state index is 10.4. The summed E-state index contributed by atoms with van der Waals surface area (Å²) >= 11 is 0. The molecule has 102 valence electrons. The van der Waals surface area contributed by atoms with Crippen molar-refractivity contribution in [1.82, 2.24) is 0 Å². The highest BCUT2D eigenvalue weighted by Crippen LogP contribution is 2.37. The number of hydrogen-bond donors (Lipinski definition) is 1. The monoisotopic (exact) mass is 250 g/mol. The van der Waals surface area contributed by atoms with E-state index in [-0.39, 0.29) is 11.3 Å². The van der Waals surface area contributed by atoms with Crippen molar-refractivity contribution >= 4 is 0 Å². The molecular weight excluding hydrogens is 224 g/mol. The standard InChI is InChI=1S/C16H26O2/c1-15(2,3)14(16(4,5)17)11-12-7-9-13(18-6)10-8-12/h7-10,14,17H,11H2,1-6H3. The minimum Gasteiger partial charge on any atom is -0.497 e. The van der Waals surface area contributed by atoms with Crippen molar-refractivity contribution in [2.45, 2.75) is 46.6 Å². The third-order valence-electron chi connectivity index (χ3n) is 3.50. The van der Waals surface area contributed by atoms with E-state index in [2.05, 4.69) is 32.9 Å². The van der Waals surface area contributed by atoms with Crippen LogP contribution < -0.4 is 4.74 Å². The fraction of sp³-hybridized carbons (Fsp3) is 0.625. The summed E-state index contributed by atoms with van der Waals surface area (Å²) in [7, 11) is 1.67. The van der Waals surface area contributed by atoms with Gasteiger partial charge in [0.25, 0.3) is 0 Å². The van der Waals surface area contributed by atoms with Gasteiger partial charge in [-0.3, -0.25) is 0 Å². The molecule has 0 fully saturated rings. The minimum atomic E-state index is -0.682. The van der Waals surface area contributed by atoms with Crippen molar-refractivity contribution in [3.05, 3.63) is 29.8 Å². The zero-order valence-corrected chi connectivity index (χ0v) is 12.4. The second kappa shape index (κ2) is 5.31. The van der Waals surface area contributed by atoms with E-state index >= 15 is 0 Å². The molecule has 0 saturated carbocycles. The Bertz CT molecular complexity index is 352. The molecule has 1 rings (SSSR count). The molecule has 0 amide bonds. The molecule has 0 saturated heterocycles. The largest absolute Gasteiger partial charge is 0.497 e. The predicted octanol–water partition coefficient (Wildman–Crippen LogP) is 3.67. The zero-order chi connectivity index (χ0) is 14.0. The maximum Gasteiger partial charge on any atom is 0.118 e. The van der Waals surface area contributed by atoms with Crippen LogP contribution in [0.25, 0.3) is 0 Å². The second-order valence-electron chi connectivity index (χ2n) is 6.62. The molecule has 1 aromatic rings. The molecule has 1 N–H and O–H groups in total. The molecule has 1 unspecified atom stereocenters. The normalized spacial score (nSPS) is 14.4. The molecule has 2 heteroatoms. The van der Waals surface area contributed by atoms with Gasteiger partial charge in [-0.25, -0.2) is 0 Å². The first-order chi connectivity index (χ1) is 8.14. The van der Waals surface area contributed by atoms with Crippen molar-refractivity contribution in [1.29, 1.82) is 0 Å². The van der Waals surface area contributed by atoms with Crippen molar-refractivity contribution < 1.29 is 9.84 Å². The third kappa shape index (κ3) is 4.02. The Morgan fingerprint density at radius 3 is 1.89 bits per heavy atom. The first-order valence-corrected chi connectivity index (χ1v) is 6.50. The lowest BCUT2D eigenvalue weighted by Gasteiger charge is -2.39. The van der Waals surface area contributed by atoms with Crippen LogP contribution in [-0.2, 0) is 6.42 Å². The average Bonchev–Trinajstić information content (AvgIpc) is 2.23. The smallest absolute Gasteiger partial charge is 0.118 e. The van der Waals surface area contributed by atoms with Gasteiger partial charge >= 0.3 is 0 Å². The zero-order valence-electron chi connectivity index (χ0n) is 12.4. The summed E-state index contributed by atoms with van der Waals surface area (Å²) < 4.78 is 5.16. The molecule has 0 aliphatic rings. The minimum absolute atomic E-state index is 0.0676. The van der Waals surface area contributed by atoms with Crippen LogP contribution in [-0.4, -0.2) is 17.8 Å². The number of methoxy groups -OCH3 is 1. The Labute approximate surface area is 111 Å². The Morgan fingerprint density at radius 1 is 1.06 bits per heavy atom. The van der Waals surface area contributed by atoms with Gasteiger partial charge in [0, 0.05) is 0 Å². The van der Waals surface area contributed by atoms with E-state index in [0.717, 1.165) is 12.2 Å². The van der Waals surface area contributed by atoms with Gasteiger partial charge in [-0.1, -0.05) is 32.9 Å². The average molecular weight is 250 g/mol. The summed E-state index contributed by atoms with van der Waals surface area (Å²) in [6, 6.07) is 8.09. The fourth-order valence-corrected chi connectivity index (χ4v) is 2.61. The number of ether oxygens (including phenoxy) is 1. The molecule has 18 heavy (non-hydrogen) atoms. The van der Waals surface area contributed by atoms with Crippen LogP contribution in [0, 0.1) is 11.3 Å². The lowest BCUT2D eigenvalue weighted by molar-refractivity contribution is -0.0322. The van der Waals surface area contributed by atoms with E-state index in [4.69, 9.17) is 4.74 Å². The van der Waals surface area contributed by atoms with Crippen molar-refractivity contribution in [2.24, 2.45) is 11.3 Å². The van der Waals surface area contributed by atoms with Crippen LogP contribution in [0.2, 0.25) is 0 Å². The quantitative estimate of drug-likeness (QED) is 0.883. The molecule has 1 atom stereocenters. The van der Waals surface area contributed by atoms with E-state index in [1.807, 2.05) is 26.0 Å². The van der Waals surface area contributed by atoms with E-state index in [9.17, 15) is 5.11 Å². The summed E-state index contributed by atoms with van der Waals surface area (Å²) in [5.41, 5.74) is 0.619. The molecule has 0 aliphatic carbocycles. The van der Waals surface area contributed by atoms with E-state index in [1.165, 1.54) is 5.56 Å². The molecule has 0 spiro atoms. The molecule has 0 radical (unpaired) electrons. The van der Waals surface area contributed by atoms with Crippen molar-refractivity contribution in [3.8, 4) is 5.75 Å². The summed E-state index contributed by atoms with van der Waals surface area (Å²) in [4.78, 5) is 0. The lowest BCUT2D eigenvalue weighted by atomic mass is 9.69. The Kier molecular flexibility index (Phi) is 4.44. The van der Waals surface area contributed by atoms with E-state index in [1.54, 1.807) is 7.11 Å². The molecule has 0 bridgehead atoms. The van der Waals surface area contributed by atoms with Gasteiger partial charge in [0.05, 0.1) is 12.7 Å². The SMILES string of the molecule is COc1ccc(CC(C(C)(C)C)C(C)(C)O)cc1. The van der Waals surface area contributed by atoms with Gasteiger partial charge < -0.3 is 9.84 Å². The first kappa shape index (κ1) is 15.0. The van der Waals surface area contributed by atoms with Crippen molar-refractivity contribution in [2.75, 3.05) is 7.11 Å². The summed E-state index contributed by atoms with van der Waals surface area (Å²) in [5.74, 6) is 1.08. The predicted molar refractivity (Wildman–Crippen MR) is 75.9 cm³/mol. The number of hydrogen-bond acceptors (Lipinski definition) is 2. The molecule has 0 aliphatic heterocycles. The highest BCUT2D eigenvalue weighted by molar-refractivity contribution is 5.27. The molecule has 2 nitrogen and oxygen atoms in total. The number of benzene rings is 1. The molecular formula is C16H26O2. The highest BCUT2D eigenvalue weighted by Gasteiger charge is 2.36. The van der Waals surface area contributed by atoms with Gasteiger partial charge in [0.1, 0.15) is 5.75 Å². The topological polar surface area (TPSA) is 29.5 Å².